The minimum atomic E-state index is -4.36. The van der Waals surface area contributed by atoms with Crippen molar-refractivity contribution < 1.29 is 13.2 Å². The molecular formula is C11H9BrF3N5. The average Bonchev–Trinajstić information content (AvgIpc) is 2.41. The van der Waals surface area contributed by atoms with Crippen molar-refractivity contribution in [1.82, 2.24) is 9.97 Å². The molecule has 106 valence electrons. The zero-order valence-electron chi connectivity index (χ0n) is 9.87. The molecule has 20 heavy (non-hydrogen) atoms. The van der Waals surface area contributed by atoms with Gasteiger partial charge in [-0.05, 0) is 40.2 Å². The second-order valence-corrected chi connectivity index (χ2v) is 4.59. The van der Waals surface area contributed by atoms with E-state index < -0.39 is 11.7 Å². The molecule has 0 aliphatic heterocycles. The first kappa shape index (κ1) is 14.5. The van der Waals surface area contributed by atoms with Crippen molar-refractivity contribution >= 4 is 33.4 Å². The summed E-state index contributed by atoms with van der Waals surface area (Å²) in [4.78, 5) is 7.89. The fourth-order valence-corrected chi connectivity index (χ4v) is 1.69. The summed E-state index contributed by atoms with van der Waals surface area (Å²) < 4.78 is 37.9. The maximum atomic E-state index is 12.4. The number of hydrogen-bond acceptors (Lipinski definition) is 5. The predicted octanol–water partition coefficient (Wildman–Crippen LogP) is 3.29. The van der Waals surface area contributed by atoms with Crippen molar-refractivity contribution in [2.75, 3.05) is 10.7 Å². The molecule has 0 aliphatic carbocycles. The average molecular weight is 348 g/mol. The summed E-state index contributed by atoms with van der Waals surface area (Å²) in [5.41, 5.74) is 2.02. The molecule has 0 aliphatic rings. The van der Waals surface area contributed by atoms with Gasteiger partial charge in [0.15, 0.2) is 0 Å². The number of hydrogen-bond donors (Lipinski definition) is 3. The third kappa shape index (κ3) is 3.36. The van der Waals surface area contributed by atoms with Crippen molar-refractivity contribution in [1.29, 1.82) is 0 Å². The Morgan fingerprint density at radius 3 is 2.35 bits per heavy atom. The number of halogens is 4. The van der Waals surface area contributed by atoms with E-state index in [0.29, 0.717) is 16.0 Å². The number of alkyl halides is 3. The van der Waals surface area contributed by atoms with Gasteiger partial charge in [-0.2, -0.15) is 18.2 Å². The molecule has 0 unspecified atom stereocenters. The van der Waals surface area contributed by atoms with Gasteiger partial charge in [0.1, 0.15) is 5.82 Å². The number of aromatic nitrogens is 2. The molecule has 4 N–H and O–H groups in total. The van der Waals surface area contributed by atoms with E-state index in [1.54, 1.807) is 0 Å². The molecule has 0 radical (unpaired) electrons. The summed E-state index contributed by atoms with van der Waals surface area (Å²) >= 11 is 3.23. The number of nitrogens with two attached hydrogens (primary N) is 1. The van der Waals surface area contributed by atoms with Gasteiger partial charge < -0.3 is 5.32 Å². The summed E-state index contributed by atoms with van der Waals surface area (Å²) in [6.45, 7) is 0. The third-order valence-electron chi connectivity index (χ3n) is 2.35. The van der Waals surface area contributed by atoms with E-state index in [1.165, 1.54) is 18.3 Å². The summed E-state index contributed by atoms with van der Waals surface area (Å²) in [5.74, 6) is 5.75. The first-order chi connectivity index (χ1) is 9.40. The van der Waals surface area contributed by atoms with Crippen LogP contribution in [-0.2, 0) is 6.18 Å². The minimum absolute atomic E-state index is 0.183. The van der Waals surface area contributed by atoms with Crippen LogP contribution < -0.4 is 16.6 Å². The Kier molecular flexibility index (Phi) is 4.09. The minimum Gasteiger partial charge on any atom is -0.339 e. The number of nitrogen functional groups attached to an aromatic ring is 1. The highest BCUT2D eigenvalue weighted by molar-refractivity contribution is 9.10. The molecule has 1 aromatic carbocycles. The van der Waals surface area contributed by atoms with Gasteiger partial charge in [-0.15, -0.1) is 0 Å². The number of rotatable bonds is 3. The number of benzene rings is 1. The Morgan fingerprint density at radius 2 is 1.80 bits per heavy atom. The Morgan fingerprint density at radius 1 is 1.15 bits per heavy atom. The van der Waals surface area contributed by atoms with Gasteiger partial charge in [-0.1, -0.05) is 0 Å². The molecule has 1 aromatic heterocycles. The highest BCUT2D eigenvalue weighted by atomic mass is 79.9. The van der Waals surface area contributed by atoms with Gasteiger partial charge in [0.25, 0.3) is 0 Å². The van der Waals surface area contributed by atoms with E-state index in [-0.39, 0.29) is 5.95 Å². The fraction of sp³-hybridized carbons (Fsp3) is 0.0909. The van der Waals surface area contributed by atoms with Gasteiger partial charge in [0.05, 0.1) is 10.0 Å². The summed E-state index contributed by atoms with van der Waals surface area (Å²) in [7, 11) is 0. The Labute approximate surface area is 120 Å². The maximum Gasteiger partial charge on any atom is 0.416 e. The van der Waals surface area contributed by atoms with Gasteiger partial charge in [0, 0.05) is 11.9 Å². The third-order valence-corrected chi connectivity index (χ3v) is 2.93. The van der Waals surface area contributed by atoms with Crippen LogP contribution in [-0.4, -0.2) is 9.97 Å². The quantitative estimate of drug-likeness (QED) is 0.586. The lowest BCUT2D eigenvalue weighted by molar-refractivity contribution is -0.137. The standard InChI is InChI=1S/C11H9BrF3N5/c12-8-5-17-10(20-16)19-9(8)18-7-3-1-6(2-4-7)11(13,14)15/h1-5H,16H2,(H2,17,18,19,20). The lowest BCUT2D eigenvalue weighted by Crippen LogP contribution is -2.11. The van der Waals surface area contributed by atoms with Crippen LogP contribution in [0, 0.1) is 0 Å². The molecule has 5 nitrogen and oxygen atoms in total. The molecule has 1 heterocycles. The van der Waals surface area contributed by atoms with Gasteiger partial charge in [0.2, 0.25) is 5.95 Å². The van der Waals surface area contributed by atoms with Crippen LogP contribution in [0.2, 0.25) is 0 Å². The predicted molar refractivity (Wildman–Crippen MR) is 72.3 cm³/mol. The second-order valence-electron chi connectivity index (χ2n) is 3.73. The zero-order chi connectivity index (χ0) is 14.8. The number of nitrogens with zero attached hydrogens (tertiary/aromatic N) is 2. The SMILES string of the molecule is NNc1ncc(Br)c(Nc2ccc(C(F)(F)F)cc2)n1. The van der Waals surface area contributed by atoms with Crippen LogP contribution in [0.4, 0.5) is 30.6 Å². The molecule has 0 spiro atoms. The van der Waals surface area contributed by atoms with E-state index in [9.17, 15) is 13.2 Å². The molecule has 0 fully saturated rings. The van der Waals surface area contributed by atoms with Crippen molar-refractivity contribution in [3.8, 4) is 0 Å². The molecule has 0 amide bonds. The molecule has 2 rings (SSSR count). The molecule has 0 saturated heterocycles. The van der Waals surface area contributed by atoms with E-state index in [2.05, 4.69) is 36.6 Å². The van der Waals surface area contributed by atoms with E-state index in [1.807, 2.05) is 0 Å². The normalized spacial score (nSPS) is 11.2. The Hall–Kier alpha value is -1.87. The van der Waals surface area contributed by atoms with Crippen LogP contribution in [0.3, 0.4) is 0 Å². The first-order valence-electron chi connectivity index (χ1n) is 5.33. The topological polar surface area (TPSA) is 75.9 Å². The van der Waals surface area contributed by atoms with Crippen LogP contribution in [0.1, 0.15) is 5.56 Å². The van der Waals surface area contributed by atoms with Gasteiger partial charge in [-0.3, -0.25) is 5.43 Å². The van der Waals surface area contributed by atoms with Crippen molar-refractivity contribution in [3.05, 3.63) is 40.5 Å². The van der Waals surface area contributed by atoms with Crippen LogP contribution in [0.5, 0.6) is 0 Å². The lowest BCUT2D eigenvalue weighted by atomic mass is 10.2. The van der Waals surface area contributed by atoms with Crippen LogP contribution in [0.15, 0.2) is 34.9 Å². The zero-order valence-corrected chi connectivity index (χ0v) is 11.5. The van der Waals surface area contributed by atoms with Crippen molar-refractivity contribution in [2.45, 2.75) is 6.18 Å². The lowest BCUT2D eigenvalue weighted by Gasteiger charge is -2.10. The maximum absolute atomic E-state index is 12.4. The van der Waals surface area contributed by atoms with E-state index in [0.717, 1.165) is 12.1 Å². The van der Waals surface area contributed by atoms with Crippen LogP contribution >= 0.6 is 15.9 Å². The first-order valence-corrected chi connectivity index (χ1v) is 6.13. The van der Waals surface area contributed by atoms with E-state index in [4.69, 9.17) is 5.84 Å². The highest BCUT2D eigenvalue weighted by Crippen LogP contribution is 2.31. The van der Waals surface area contributed by atoms with Gasteiger partial charge >= 0.3 is 6.18 Å². The summed E-state index contributed by atoms with van der Waals surface area (Å²) in [6.07, 6.45) is -2.89. The molecule has 0 saturated carbocycles. The summed E-state index contributed by atoms with van der Waals surface area (Å²) in [6, 6.07) is 4.60. The molecular weight excluding hydrogens is 339 g/mol. The summed E-state index contributed by atoms with van der Waals surface area (Å²) in [5, 5.41) is 2.86. The molecule has 9 heteroatoms. The number of nitrogens with one attached hydrogen (secondary N) is 2. The largest absolute Gasteiger partial charge is 0.416 e. The van der Waals surface area contributed by atoms with Crippen molar-refractivity contribution in [3.63, 3.8) is 0 Å². The highest BCUT2D eigenvalue weighted by Gasteiger charge is 2.29. The molecule has 0 atom stereocenters. The monoisotopic (exact) mass is 347 g/mol. The second kappa shape index (κ2) is 5.63. The Bertz CT molecular complexity index is 600. The van der Waals surface area contributed by atoms with Crippen LogP contribution in [0.25, 0.3) is 0 Å². The number of anilines is 3. The number of hydrazine groups is 1. The van der Waals surface area contributed by atoms with E-state index >= 15 is 0 Å². The van der Waals surface area contributed by atoms with Crippen molar-refractivity contribution in [2.24, 2.45) is 5.84 Å². The van der Waals surface area contributed by atoms with Gasteiger partial charge in [-0.25, -0.2) is 10.8 Å². The Balaban J connectivity index is 2.22. The molecule has 2 aromatic rings. The molecule has 0 bridgehead atoms. The fourth-order valence-electron chi connectivity index (χ4n) is 1.40. The smallest absolute Gasteiger partial charge is 0.339 e.